The topological polar surface area (TPSA) is 60.9 Å². The van der Waals surface area contributed by atoms with E-state index in [0.29, 0.717) is 13.1 Å². The molecule has 0 radical (unpaired) electrons. The molecule has 112 valence electrons. The molecule has 0 aromatic rings. The second-order valence-corrected chi connectivity index (χ2v) is 5.06. The number of carboxylic acids is 1. The minimum Gasteiger partial charge on any atom is -0.481 e. The Morgan fingerprint density at radius 2 is 1.63 bits per heavy atom. The first-order valence-electron chi connectivity index (χ1n) is 7.07. The van der Waals surface area contributed by atoms with E-state index in [1.54, 1.807) is 13.8 Å². The molecule has 0 fully saturated rings. The molecule has 0 aromatic heterocycles. The summed E-state index contributed by atoms with van der Waals surface area (Å²) in [6, 6.07) is 0. The molecular weight excluding hydrogens is 244 g/mol. The standard InChI is InChI=1S/C14H28N2O3/c1-5-15(6-2)8-7-9-16(11-13(4)17)10-12(3)14(18)19/h12H,5-11H2,1-4H3,(H,18,19). The van der Waals surface area contributed by atoms with E-state index in [0.717, 1.165) is 32.6 Å². The van der Waals surface area contributed by atoms with Crippen molar-refractivity contribution < 1.29 is 14.7 Å². The Balaban J connectivity index is 4.20. The van der Waals surface area contributed by atoms with Crippen LogP contribution in [0.2, 0.25) is 0 Å². The second kappa shape index (κ2) is 9.92. The van der Waals surface area contributed by atoms with Crippen molar-refractivity contribution in [2.75, 3.05) is 39.3 Å². The van der Waals surface area contributed by atoms with Gasteiger partial charge in [0, 0.05) is 6.54 Å². The lowest BCUT2D eigenvalue weighted by molar-refractivity contribution is -0.142. The highest BCUT2D eigenvalue weighted by Gasteiger charge is 2.17. The molecule has 1 N–H and O–H groups in total. The smallest absolute Gasteiger partial charge is 0.307 e. The fourth-order valence-electron chi connectivity index (χ4n) is 2.07. The Labute approximate surface area is 116 Å². The lowest BCUT2D eigenvalue weighted by Gasteiger charge is -2.25. The largest absolute Gasteiger partial charge is 0.481 e. The van der Waals surface area contributed by atoms with Gasteiger partial charge in [-0.3, -0.25) is 14.5 Å². The number of ketones is 1. The van der Waals surface area contributed by atoms with Gasteiger partial charge in [0.25, 0.3) is 0 Å². The molecule has 1 unspecified atom stereocenters. The molecule has 0 aliphatic carbocycles. The Morgan fingerprint density at radius 3 is 2.05 bits per heavy atom. The minimum atomic E-state index is -0.808. The SMILES string of the molecule is CCN(CC)CCCN(CC(C)=O)CC(C)C(=O)O. The van der Waals surface area contributed by atoms with Crippen molar-refractivity contribution in [1.29, 1.82) is 0 Å². The van der Waals surface area contributed by atoms with E-state index in [1.807, 2.05) is 4.90 Å². The highest BCUT2D eigenvalue weighted by Crippen LogP contribution is 2.03. The monoisotopic (exact) mass is 272 g/mol. The zero-order chi connectivity index (χ0) is 14.8. The predicted molar refractivity (Wildman–Crippen MR) is 76.3 cm³/mol. The Kier molecular flexibility index (Phi) is 9.43. The zero-order valence-corrected chi connectivity index (χ0v) is 12.7. The van der Waals surface area contributed by atoms with Gasteiger partial charge in [0.05, 0.1) is 12.5 Å². The van der Waals surface area contributed by atoms with Crippen molar-refractivity contribution in [3.63, 3.8) is 0 Å². The van der Waals surface area contributed by atoms with Gasteiger partial charge in [-0.2, -0.15) is 0 Å². The van der Waals surface area contributed by atoms with Crippen LogP contribution >= 0.6 is 0 Å². The molecule has 0 spiro atoms. The summed E-state index contributed by atoms with van der Waals surface area (Å²) in [7, 11) is 0. The molecule has 19 heavy (non-hydrogen) atoms. The van der Waals surface area contributed by atoms with Crippen LogP contribution in [-0.4, -0.2) is 65.9 Å². The lowest BCUT2D eigenvalue weighted by atomic mass is 10.1. The van der Waals surface area contributed by atoms with Crippen LogP contribution in [0.3, 0.4) is 0 Å². The van der Waals surface area contributed by atoms with Crippen molar-refractivity contribution in [2.45, 2.75) is 34.1 Å². The lowest BCUT2D eigenvalue weighted by Crippen LogP contribution is -2.37. The molecule has 0 bridgehead atoms. The quantitative estimate of drug-likeness (QED) is 0.615. The van der Waals surface area contributed by atoms with Crippen molar-refractivity contribution in [2.24, 2.45) is 5.92 Å². The van der Waals surface area contributed by atoms with Gasteiger partial charge in [-0.25, -0.2) is 0 Å². The fraction of sp³-hybridized carbons (Fsp3) is 0.857. The molecule has 0 saturated carbocycles. The Bertz CT molecular complexity index is 278. The number of nitrogens with zero attached hydrogens (tertiary/aromatic N) is 2. The van der Waals surface area contributed by atoms with Crippen LogP contribution in [0.25, 0.3) is 0 Å². The number of hydrogen-bond acceptors (Lipinski definition) is 4. The van der Waals surface area contributed by atoms with Gasteiger partial charge in [0.15, 0.2) is 0 Å². The van der Waals surface area contributed by atoms with Crippen molar-refractivity contribution in [1.82, 2.24) is 9.80 Å². The number of hydrogen-bond donors (Lipinski definition) is 1. The van der Waals surface area contributed by atoms with Crippen LogP contribution in [-0.2, 0) is 9.59 Å². The first kappa shape index (κ1) is 18.1. The summed E-state index contributed by atoms with van der Waals surface area (Å²) in [6.45, 7) is 12.1. The van der Waals surface area contributed by atoms with E-state index >= 15 is 0 Å². The number of Topliss-reactive ketones (excluding diaryl/α,β-unsaturated/α-hetero) is 1. The third-order valence-electron chi connectivity index (χ3n) is 3.24. The maximum Gasteiger partial charge on any atom is 0.307 e. The first-order chi connectivity index (χ1) is 8.90. The third kappa shape index (κ3) is 8.72. The van der Waals surface area contributed by atoms with Gasteiger partial charge in [0.2, 0.25) is 0 Å². The molecule has 0 saturated heterocycles. The second-order valence-electron chi connectivity index (χ2n) is 5.06. The van der Waals surface area contributed by atoms with Crippen molar-refractivity contribution in [3.05, 3.63) is 0 Å². The van der Waals surface area contributed by atoms with Crippen LogP contribution in [0.5, 0.6) is 0 Å². The molecule has 0 aromatic carbocycles. The molecule has 0 aliphatic heterocycles. The van der Waals surface area contributed by atoms with Gasteiger partial charge in [-0.1, -0.05) is 20.8 Å². The van der Waals surface area contributed by atoms with Crippen LogP contribution < -0.4 is 0 Å². The molecule has 0 heterocycles. The summed E-state index contributed by atoms with van der Waals surface area (Å²) in [5, 5.41) is 8.93. The Morgan fingerprint density at radius 1 is 1.11 bits per heavy atom. The van der Waals surface area contributed by atoms with Crippen LogP contribution in [0.1, 0.15) is 34.1 Å². The summed E-state index contributed by atoms with van der Waals surface area (Å²) in [6.07, 6.45) is 0.960. The summed E-state index contributed by atoms with van der Waals surface area (Å²) >= 11 is 0. The van der Waals surface area contributed by atoms with Gasteiger partial charge in [0.1, 0.15) is 5.78 Å². The third-order valence-corrected chi connectivity index (χ3v) is 3.24. The van der Waals surface area contributed by atoms with Gasteiger partial charge >= 0.3 is 5.97 Å². The van der Waals surface area contributed by atoms with E-state index in [-0.39, 0.29) is 5.78 Å². The Hall–Kier alpha value is -0.940. The number of aliphatic carboxylic acids is 1. The number of rotatable bonds is 11. The van der Waals surface area contributed by atoms with E-state index in [1.165, 1.54) is 0 Å². The van der Waals surface area contributed by atoms with E-state index in [4.69, 9.17) is 5.11 Å². The van der Waals surface area contributed by atoms with Crippen LogP contribution in [0, 0.1) is 5.92 Å². The average molecular weight is 272 g/mol. The summed E-state index contributed by atoms with van der Waals surface area (Å²) in [5.74, 6) is -1.16. The van der Waals surface area contributed by atoms with Crippen LogP contribution in [0.15, 0.2) is 0 Å². The maximum absolute atomic E-state index is 11.2. The van der Waals surface area contributed by atoms with E-state index < -0.39 is 11.9 Å². The molecule has 1 atom stereocenters. The molecule has 5 nitrogen and oxygen atoms in total. The maximum atomic E-state index is 11.2. The molecule has 0 rings (SSSR count). The first-order valence-corrected chi connectivity index (χ1v) is 7.07. The fourth-order valence-corrected chi connectivity index (χ4v) is 2.07. The highest BCUT2D eigenvalue weighted by atomic mass is 16.4. The summed E-state index contributed by atoms with van der Waals surface area (Å²) in [4.78, 5) is 26.4. The number of carbonyl (C=O) groups is 2. The van der Waals surface area contributed by atoms with Crippen molar-refractivity contribution in [3.8, 4) is 0 Å². The number of carbonyl (C=O) groups excluding carboxylic acids is 1. The molecule has 0 amide bonds. The highest BCUT2D eigenvalue weighted by molar-refractivity contribution is 5.77. The van der Waals surface area contributed by atoms with Gasteiger partial charge in [-0.05, 0) is 39.5 Å². The summed E-state index contributed by atoms with van der Waals surface area (Å²) in [5.41, 5.74) is 0. The average Bonchev–Trinajstić information content (AvgIpc) is 2.33. The molecule has 0 aliphatic rings. The zero-order valence-electron chi connectivity index (χ0n) is 12.7. The van der Waals surface area contributed by atoms with E-state index in [2.05, 4.69) is 18.7 Å². The number of carboxylic acid groups (broad SMARTS) is 1. The van der Waals surface area contributed by atoms with E-state index in [9.17, 15) is 9.59 Å². The molecular formula is C14H28N2O3. The minimum absolute atomic E-state index is 0.0837. The van der Waals surface area contributed by atoms with Crippen LogP contribution in [0.4, 0.5) is 0 Å². The van der Waals surface area contributed by atoms with Gasteiger partial charge < -0.3 is 10.0 Å². The van der Waals surface area contributed by atoms with Gasteiger partial charge in [-0.15, -0.1) is 0 Å². The summed E-state index contributed by atoms with van der Waals surface area (Å²) < 4.78 is 0. The normalized spacial score (nSPS) is 12.9. The van der Waals surface area contributed by atoms with Crippen molar-refractivity contribution >= 4 is 11.8 Å². The molecule has 5 heteroatoms. The predicted octanol–water partition coefficient (Wildman–Crippen LogP) is 1.33.